The minimum atomic E-state index is 0.745. The van der Waals surface area contributed by atoms with E-state index in [0.29, 0.717) is 0 Å². The summed E-state index contributed by atoms with van der Waals surface area (Å²) in [5.74, 6) is 5.28. The average molecular weight is 262 g/mol. The summed E-state index contributed by atoms with van der Waals surface area (Å²) < 4.78 is 0. The summed E-state index contributed by atoms with van der Waals surface area (Å²) in [6.45, 7) is 9.29. The second-order valence-corrected chi connectivity index (χ2v) is 6.48. The molecule has 0 aromatic carbocycles. The maximum absolute atomic E-state index is 3.70. The lowest BCUT2D eigenvalue weighted by atomic mass is 10.3. The van der Waals surface area contributed by atoms with Gasteiger partial charge in [-0.15, -0.1) is 0 Å². The summed E-state index contributed by atoms with van der Waals surface area (Å²) >= 11 is 4.21. The standard InChI is InChI=1S/C12H26N2S2/c1-3-14(4-2)7-5-6-13-12-10-15-8-9-16-11-12/h12-13H,3-11H2,1-2H3. The highest BCUT2D eigenvalue weighted by molar-refractivity contribution is 8.03. The van der Waals surface area contributed by atoms with Gasteiger partial charge in [0.2, 0.25) is 0 Å². The molecule has 1 fully saturated rings. The van der Waals surface area contributed by atoms with Gasteiger partial charge in [-0.2, -0.15) is 23.5 Å². The minimum Gasteiger partial charge on any atom is -0.312 e. The van der Waals surface area contributed by atoms with Crippen LogP contribution in [0.15, 0.2) is 0 Å². The SMILES string of the molecule is CCN(CC)CCCNC1CSCCSC1. The normalized spacial score (nSPS) is 18.9. The molecule has 0 saturated carbocycles. The van der Waals surface area contributed by atoms with Crippen molar-refractivity contribution in [2.45, 2.75) is 26.3 Å². The van der Waals surface area contributed by atoms with Gasteiger partial charge in [-0.1, -0.05) is 13.8 Å². The molecule has 0 radical (unpaired) electrons. The van der Waals surface area contributed by atoms with Gasteiger partial charge in [-0.3, -0.25) is 0 Å². The van der Waals surface area contributed by atoms with Crippen molar-refractivity contribution in [3.63, 3.8) is 0 Å². The minimum absolute atomic E-state index is 0.745. The van der Waals surface area contributed by atoms with E-state index >= 15 is 0 Å². The maximum atomic E-state index is 3.70. The first kappa shape index (κ1) is 14.7. The molecule has 0 bridgehead atoms. The Morgan fingerprint density at radius 2 is 1.75 bits per heavy atom. The molecule has 1 N–H and O–H groups in total. The molecule has 0 atom stereocenters. The molecule has 0 aromatic heterocycles. The molecule has 96 valence electrons. The summed E-state index contributed by atoms with van der Waals surface area (Å²) in [6, 6.07) is 0.745. The van der Waals surface area contributed by atoms with Crippen molar-refractivity contribution in [2.75, 3.05) is 49.2 Å². The number of hydrogen-bond donors (Lipinski definition) is 1. The fourth-order valence-electron chi connectivity index (χ4n) is 1.88. The summed E-state index contributed by atoms with van der Waals surface area (Å²) in [5.41, 5.74) is 0. The Balaban J connectivity index is 2.00. The Labute approximate surface area is 109 Å². The lowest BCUT2D eigenvalue weighted by Crippen LogP contribution is -2.35. The maximum Gasteiger partial charge on any atom is 0.0248 e. The van der Waals surface area contributed by atoms with Crippen LogP contribution in [0.25, 0.3) is 0 Å². The van der Waals surface area contributed by atoms with Gasteiger partial charge in [0.05, 0.1) is 0 Å². The van der Waals surface area contributed by atoms with E-state index < -0.39 is 0 Å². The first-order chi connectivity index (χ1) is 7.86. The number of rotatable bonds is 7. The van der Waals surface area contributed by atoms with Crippen LogP contribution in [-0.2, 0) is 0 Å². The van der Waals surface area contributed by atoms with Crippen LogP contribution in [0.2, 0.25) is 0 Å². The van der Waals surface area contributed by atoms with Crippen molar-refractivity contribution in [2.24, 2.45) is 0 Å². The van der Waals surface area contributed by atoms with Gasteiger partial charge in [0.25, 0.3) is 0 Å². The number of nitrogens with one attached hydrogen (secondary N) is 1. The molecule has 1 aliphatic heterocycles. The predicted octanol–water partition coefficient (Wildman–Crippen LogP) is 2.16. The molecule has 0 spiro atoms. The molecule has 1 aliphatic rings. The Morgan fingerprint density at radius 3 is 2.31 bits per heavy atom. The van der Waals surface area contributed by atoms with E-state index in [1.165, 1.54) is 55.6 Å². The van der Waals surface area contributed by atoms with Crippen LogP contribution in [0.1, 0.15) is 20.3 Å². The highest BCUT2D eigenvalue weighted by atomic mass is 32.2. The van der Waals surface area contributed by atoms with Crippen LogP contribution in [0.5, 0.6) is 0 Å². The summed E-state index contributed by atoms with van der Waals surface area (Å²) in [6.07, 6.45) is 1.29. The molecule has 1 rings (SSSR count). The van der Waals surface area contributed by atoms with Gasteiger partial charge in [-0.05, 0) is 32.6 Å². The molecule has 1 heterocycles. The summed E-state index contributed by atoms with van der Waals surface area (Å²) in [7, 11) is 0. The molecule has 2 nitrogen and oxygen atoms in total. The van der Waals surface area contributed by atoms with E-state index in [9.17, 15) is 0 Å². The third-order valence-corrected chi connectivity index (χ3v) is 5.51. The molecule has 1 saturated heterocycles. The number of hydrogen-bond acceptors (Lipinski definition) is 4. The van der Waals surface area contributed by atoms with Gasteiger partial charge in [0.15, 0.2) is 0 Å². The molecular weight excluding hydrogens is 236 g/mol. The Morgan fingerprint density at radius 1 is 1.12 bits per heavy atom. The Hall–Kier alpha value is 0.620. The predicted molar refractivity (Wildman–Crippen MR) is 78.8 cm³/mol. The van der Waals surface area contributed by atoms with Gasteiger partial charge in [-0.25, -0.2) is 0 Å². The van der Waals surface area contributed by atoms with E-state index in [4.69, 9.17) is 0 Å². The fraction of sp³-hybridized carbons (Fsp3) is 1.00. The van der Waals surface area contributed by atoms with Crippen molar-refractivity contribution >= 4 is 23.5 Å². The molecular formula is C12H26N2S2. The van der Waals surface area contributed by atoms with Crippen molar-refractivity contribution in [3.05, 3.63) is 0 Å². The first-order valence-corrected chi connectivity index (χ1v) is 8.79. The van der Waals surface area contributed by atoms with Crippen LogP contribution < -0.4 is 5.32 Å². The highest BCUT2D eigenvalue weighted by Gasteiger charge is 2.11. The van der Waals surface area contributed by atoms with Crippen LogP contribution in [0.4, 0.5) is 0 Å². The smallest absolute Gasteiger partial charge is 0.0248 e. The largest absolute Gasteiger partial charge is 0.312 e. The number of thioether (sulfide) groups is 2. The lowest BCUT2D eigenvalue weighted by molar-refractivity contribution is 0.297. The van der Waals surface area contributed by atoms with Crippen LogP contribution in [0, 0.1) is 0 Å². The second-order valence-electron chi connectivity index (χ2n) is 4.18. The zero-order valence-electron chi connectivity index (χ0n) is 10.7. The molecule has 0 unspecified atom stereocenters. The third kappa shape index (κ3) is 6.38. The molecule has 0 aliphatic carbocycles. The average Bonchev–Trinajstić information content (AvgIpc) is 2.58. The quantitative estimate of drug-likeness (QED) is 0.707. The van der Waals surface area contributed by atoms with Crippen LogP contribution >= 0.6 is 23.5 Å². The molecule has 4 heteroatoms. The van der Waals surface area contributed by atoms with Crippen molar-refractivity contribution in [1.82, 2.24) is 10.2 Å². The van der Waals surface area contributed by atoms with Gasteiger partial charge < -0.3 is 10.2 Å². The van der Waals surface area contributed by atoms with E-state index in [-0.39, 0.29) is 0 Å². The monoisotopic (exact) mass is 262 g/mol. The Bertz CT molecular complexity index is 155. The highest BCUT2D eigenvalue weighted by Crippen LogP contribution is 2.16. The first-order valence-electron chi connectivity index (χ1n) is 6.48. The molecule has 0 amide bonds. The van der Waals surface area contributed by atoms with Gasteiger partial charge >= 0.3 is 0 Å². The Kier molecular flexibility index (Phi) is 8.84. The van der Waals surface area contributed by atoms with Crippen molar-refractivity contribution in [3.8, 4) is 0 Å². The van der Waals surface area contributed by atoms with Gasteiger partial charge in [0, 0.05) is 29.1 Å². The zero-order chi connectivity index (χ0) is 11.6. The van der Waals surface area contributed by atoms with Gasteiger partial charge in [0.1, 0.15) is 0 Å². The summed E-state index contributed by atoms with van der Waals surface area (Å²) in [5, 5.41) is 3.70. The van der Waals surface area contributed by atoms with E-state index in [0.717, 1.165) is 6.04 Å². The molecule has 16 heavy (non-hydrogen) atoms. The van der Waals surface area contributed by atoms with E-state index in [1.807, 2.05) is 0 Å². The zero-order valence-corrected chi connectivity index (χ0v) is 12.3. The van der Waals surface area contributed by atoms with Crippen molar-refractivity contribution in [1.29, 1.82) is 0 Å². The van der Waals surface area contributed by atoms with Crippen molar-refractivity contribution < 1.29 is 0 Å². The number of nitrogens with zero attached hydrogens (tertiary/aromatic N) is 1. The van der Waals surface area contributed by atoms with Crippen LogP contribution in [-0.4, -0.2) is 60.1 Å². The van der Waals surface area contributed by atoms with E-state index in [1.54, 1.807) is 0 Å². The second kappa shape index (κ2) is 9.63. The summed E-state index contributed by atoms with van der Waals surface area (Å²) in [4.78, 5) is 2.50. The fourth-order valence-corrected chi connectivity index (χ4v) is 4.35. The van der Waals surface area contributed by atoms with Crippen LogP contribution in [0.3, 0.4) is 0 Å². The lowest BCUT2D eigenvalue weighted by Gasteiger charge is -2.19. The topological polar surface area (TPSA) is 15.3 Å². The molecule has 0 aromatic rings. The van der Waals surface area contributed by atoms with E-state index in [2.05, 4.69) is 47.6 Å². The third-order valence-electron chi connectivity index (χ3n) is 2.99.